The molecule has 6 heteroatoms. The lowest BCUT2D eigenvalue weighted by Crippen LogP contribution is -2.20. The van der Waals surface area contributed by atoms with E-state index in [2.05, 4.69) is 39.6 Å². The van der Waals surface area contributed by atoms with Crippen LogP contribution < -0.4 is 10.1 Å². The van der Waals surface area contributed by atoms with Gasteiger partial charge in [-0.2, -0.15) is 0 Å². The number of nitrogens with one attached hydrogen (secondary N) is 1. The van der Waals surface area contributed by atoms with E-state index in [1.807, 2.05) is 0 Å². The first-order chi connectivity index (χ1) is 12.7. The lowest BCUT2D eigenvalue weighted by molar-refractivity contribution is 0.0697. The van der Waals surface area contributed by atoms with Gasteiger partial charge in [0.1, 0.15) is 17.9 Å². The SMILES string of the molecule is O=C(O)c1ccc(Oc2cc(NC3Cc4ccccc4C3)ncn2)cc1. The molecule has 0 amide bonds. The van der Waals surface area contributed by atoms with Gasteiger partial charge in [0.15, 0.2) is 0 Å². The predicted molar refractivity (Wildman–Crippen MR) is 96.8 cm³/mol. The molecular formula is C20H17N3O3. The Morgan fingerprint density at radius 1 is 1.04 bits per heavy atom. The Kier molecular flexibility index (Phi) is 4.23. The van der Waals surface area contributed by atoms with Crippen LogP contribution in [0, 0.1) is 0 Å². The number of fused-ring (bicyclic) bond motifs is 1. The molecular weight excluding hydrogens is 330 g/mol. The van der Waals surface area contributed by atoms with Crippen LogP contribution in [0.4, 0.5) is 5.82 Å². The van der Waals surface area contributed by atoms with Gasteiger partial charge in [-0.25, -0.2) is 14.8 Å². The van der Waals surface area contributed by atoms with Gasteiger partial charge >= 0.3 is 5.97 Å². The molecule has 4 rings (SSSR count). The fourth-order valence-electron chi connectivity index (χ4n) is 3.13. The Hall–Kier alpha value is -3.41. The number of rotatable bonds is 5. The third kappa shape index (κ3) is 3.49. The van der Waals surface area contributed by atoms with Crippen molar-refractivity contribution in [1.82, 2.24) is 9.97 Å². The minimum Gasteiger partial charge on any atom is -0.478 e. The summed E-state index contributed by atoms with van der Waals surface area (Å²) in [6, 6.07) is 16.7. The van der Waals surface area contributed by atoms with Crippen molar-refractivity contribution in [2.75, 3.05) is 5.32 Å². The summed E-state index contributed by atoms with van der Waals surface area (Å²) in [5.41, 5.74) is 2.95. The molecule has 130 valence electrons. The number of hydrogen-bond donors (Lipinski definition) is 2. The van der Waals surface area contributed by atoms with E-state index in [1.165, 1.54) is 29.6 Å². The molecule has 1 aliphatic carbocycles. The highest BCUT2D eigenvalue weighted by atomic mass is 16.5. The van der Waals surface area contributed by atoms with Crippen molar-refractivity contribution in [3.63, 3.8) is 0 Å². The molecule has 0 atom stereocenters. The van der Waals surface area contributed by atoms with Gasteiger partial charge in [-0.1, -0.05) is 24.3 Å². The molecule has 1 heterocycles. The molecule has 26 heavy (non-hydrogen) atoms. The summed E-state index contributed by atoms with van der Waals surface area (Å²) in [6.07, 6.45) is 3.38. The van der Waals surface area contributed by atoms with Crippen LogP contribution in [0.1, 0.15) is 21.5 Å². The van der Waals surface area contributed by atoms with Gasteiger partial charge in [-0.3, -0.25) is 0 Å². The van der Waals surface area contributed by atoms with E-state index < -0.39 is 5.97 Å². The van der Waals surface area contributed by atoms with Gasteiger partial charge in [-0.15, -0.1) is 0 Å². The minimum absolute atomic E-state index is 0.211. The first kappa shape index (κ1) is 16.1. The summed E-state index contributed by atoms with van der Waals surface area (Å²) in [7, 11) is 0. The highest BCUT2D eigenvalue weighted by Crippen LogP contribution is 2.25. The van der Waals surface area contributed by atoms with Gasteiger partial charge in [-0.05, 0) is 48.2 Å². The number of hydrogen-bond acceptors (Lipinski definition) is 5. The second-order valence-electron chi connectivity index (χ2n) is 6.19. The Bertz CT molecular complexity index is 916. The summed E-state index contributed by atoms with van der Waals surface area (Å²) in [5, 5.41) is 12.4. The van der Waals surface area contributed by atoms with Gasteiger partial charge in [0.2, 0.25) is 5.88 Å². The number of aromatic nitrogens is 2. The van der Waals surface area contributed by atoms with Crippen molar-refractivity contribution in [3.05, 3.63) is 77.6 Å². The maximum absolute atomic E-state index is 10.9. The topological polar surface area (TPSA) is 84.3 Å². The number of carboxylic acid groups (broad SMARTS) is 1. The maximum atomic E-state index is 10.9. The van der Waals surface area contributed by atoms with Crippen LogP contribution in [0.3, 0.4) is 0 Å². The van der Waals surface area contributed by atoms with E-state index in [4.69, 9.17) is 9.84 Å². The molecule has 0 spiro atoms. The molecule has 0 radical (unpaired) electrons. The van der Waals surface area contributed by atoms with E-state index in [0.717, 1.165) is 12.8 Å². The third-order valence-electron chi connectivity index (χ3n) is 4.37. The van der Waals surface area contributed by atoms with Crippen molar-refractivity contribution in [1.29, 1.82) is 0 Å². The quantitative estimate of drug-likeness (QED) is 0.734. The average Bonchev–Trinajstić information content (AvgIpc) is 3.04. The lowest BCUT2D eigenvalue weighted by atomic mass is 10.1. The number of nitrogens with zero attached hydrogens (tertiary/aromatic N) is 2. The van der Waals surface area contributed by atoms with Crippen molar-refractivity contribution in [2.24, 2.45) is 0 Å². The molecule has 0 unspecified atom stereocenters. The second kappa shape index (κ2) is 6.84. The average molecular weight is 347 g/mol. The zero-order valence-corrected chi connectivity index (χ0v) is 13.9. The van der Waals surface area contributed by atoms with Crippen LogP contribution in [0.25, 0.3) is 0 Å². The fourth-order valence-corrected chi connectivity index (χ4v) is 3.13. The van der Waals surface area contributed by atoms with Gasteiger partial charge in [0, 0.05) is 12.1 Å². The maximum Gasteiger partial charge on any atom is 0.335 e. The smallest absolute Gasteiger partial charge is 0.335 e. The Labute approximate surface area is 150 Å². The molecule has 3 aromatic rings. The monoisotopic (exact) mass is 347 g/mol. The van der Waals surface area contributed by atoms with Crippen LogP contribution >= 0.6 is 0 Å². The van der Waals surface area contributed by atoms with Crippen molar-refractivity contribution < 1.29 is 14.6 Å². The van der Waals surface area contributed by atoms with Gasteiger partial charge in [0.05, 0.1) is 5.56 Å². The van der Waals surface area contributed by atoms with Crippen LogP contribution in [-0.4, -0.2) is 27.1 Å². The molecule has 2 aromatic carbocycles. The van der Waals surface area contributed by atoms with E-state index in [1.54, 1.807) is 18.2 Å². The summed E-state index contributed by atoms with van der Waals surface area (Å²) < 4.78 is 5.70. The van der Waals surface area contributed by atoms with Gasteiger partial charge < -0.3 is 15.2 Å². The summed E-state index contributed by atoms with van der Waals surface area (Å²) >= 11 is 0. The highest BCUT2D eigenvalue weighted by Gasteiger charge is 2.21. The number of anilines is 1. The van der Waals surface area contributed by atoms with Crippen LogP contribution in [0.5, 0.6) is 11.6 Å². The fraction of sp³-hybridized carbons (Fsp3) is 0.150. The number of benzene rings is 2. The van der Waals surface area contributed by atoms with Crippen molar-refractivity contribution >= 4 is 11.8 Å². The molecule has 0 aliphatic heterocycles. The van der Waals surface area contributed by atoms with Crippen LogP contribution in [0.2, 0.25) is 0 Å². The van der Waals surface area contributed by atoms with Crippen LogP contribution in [-0.2, 0) is 12.8 Å². The predicted octanol–water partition coefficient (Wildman–Crippen LogP) is 3.55. The third-order valence-corrected chi connectivity index (χ3v) is 4.37. The zero-order chi connectivity index (χ0) is 17.9. The van der Waals surface area contributed by atoms with E-state index in [-0.39, 0.29) is 5.56 Å². The summed E-state index contributed by atoms with van der Waals surface area (Å²) in [5.74, 6) is 0.659. The molecule has 0 bridgehead atoms. The van der Waals surface area contributed by atoms with Crippen molar-refractivity contribution in [3.8, 4) is 11.6 Å². The molecule has 0 saturated heterocycles. The van der Waals surface area contributed by atoms with Crippen molar-refractivity contribution in [2.45, 2.75) is 18.9 Å². The lowest BCUT2D eigenvalue weighted by Gasteiger charge is -2.13. The summed E-state index contributed by atoms with van der Waals surface area (Å²) in [4.78, 5) is 19.3. The zero-order valence-electron chi connectivity index (χ0n) is 13.9. The van der Waals surface area contributed by atoms with Gasteiger partial charge in [0.25, 0.3) is 0 Å². The Morgan fingerprint density at radius 3 is 2.38 bits per heavy atom. The number of carbonyl (C=O) groups is 1. The standard InChI is InChI=1S/C20H17N3O3/c24-20(25)13-5-7-17(8-6-13)26-19-11-18(21-12-22-19)23-16-9-14-3-1-2-4-15(14)10-16/h1-8,11-12,16H,9-10H2,(H,24,25)(H,21,22,23). The molecule has 1 aliphatic rings. The molecule has 0 fully saturated rings. The largest absolute Gasteiger partial charge is 0.478 e. The first-order valence-electron chi connectivity index (χ1n) is 8.34. The van der Waals surface area contributed by atoms with E-state index in [9.17, 15) is 4.79 Å². The highest BCUT2D eigenvalue weighted by molar-refractivity contribution is 5.87. The van der Waals surface area contributed by atoms with E-state index >= 15 is 0 Å². The number of carboxylic acids is 1. The first-order valence-corrected chi connectivity index (χ1v) is 8.34. The molecule has 6 nitrogen and oxygen atoms in total. The normalized spacial score (nSPS) is 13.2. The number of ether oxygens (including phenoxy) is 1. The molecule has 2 N–H and O–H groups in total. The Morgan fingerprint density at radius 2 is 1.73 bits per heavy atom. The minimum atomic E-state index is -0.970. The molecule has 0 saturated carbocycles. The van der Waals surface area contributed by atoms with E-state index in [0.29, 0.717) is 23.5 Å². The number of aromatic carboxylic acids is 1. The van der Waals surface area contributed by atoms with Crippen LogP contribution in [0.15, 0.2) is 60.9 Å². The molecule has 1 aromatic heterocycles. The second-order valence-corrected chi connectivity index (χ2v) is 6.19. The Balaban J connectivity index is 1.43. The summed E-state index contributed by atoms with van der Waals surface area (Å²) in [6.45, 7) is 0.